The molecule has 0 spiro atoms. The Kier molecular flexibility index (Phi) is 7.25. The maximum Gasteiger partial charge on any atom is 0.0533 e. The van der Waals surface area contributed by atoms with E-state index in [-0.39, 0.29) is 0 Å². The molecule has 0 aromatic rings. The lowest BCUT2D eigenvalue weighted by atomic mass is 9.65. The van der Waals surface area contributed by atoms with Gasteiger partial charge in [0.25, 0.3) is 0 Å². The molecule has 1 aliphatic carbocycles. The number of methoxy groups -OCH3 is 1. The van der Waals surface area contributed by atoms with Crippen LogP contribution in [0.2, 0.25) is 0 Å². The van der Waals surface area contributed by atoms with Crippen LogP contribution in [0.5, 0.6) is 0 Å². The highest BCUT2D eigenvalue weighted by Gasteiger charge is 2.39. The van der Waals surface area contributed by atoms with Gasteiger partial charge in [-0.05, 0) is 37.6 Å². The van der Waals surface area contributed by atoms with Gasteiger partial charge in [0.05, 0.1) is 6.61 Å². The van der Waals surface area contributed by atoms with Crippen molar-refractivity contribution in [2.24, 2.45) is 17.3 Å². The minimum atomic E-state index is 0.360. The second-order valence-electron chi connectivity index (χ2n) is 6.51. The molecule has 1 unspecified atom stereocenters. The second-order valence-corrected chi connectivity index (χ2v) is 6.51. The van der Waals surface area contributed by atoms with Crippen LogP contribution >= 0.6 is 0 Å². The average molecular weight is 255 g/mol. The summed E-state index contributed by atoms with van der Waals surface area (Å²) in [7, 11) is 1.86. The quantitative estimate of drug-likeness (QED) is 0.711. The zero-order chi connectivity index (χ0) is 13.4. The van der Waals surface area contributed by atoms with Crippen LogP contribution < -0.4 is 5.32 Å². The lowest BCUT2D eigenvalue weighted by Gasteiger charge is -2.44. The lowest BCUT2D eigenvalue weighted by Crippen LogP contribution is -2.45. The first-order valence-electron chi connectivity index (χ1n) is 7.84. The predicted molar refractivity (Wildman–Crippen MR) is 78.9 cm³/mol. The van der Waals surface area contributed by atoms with Crippen molar-refractivity contribution in [2.75, 3.05) is 26.8 Å². The molecule has 1 saturated carbocycles. The first-order valence-corrected chi connectivity index (χ1v) is 7.84. The van der Waals surface area contributed by atoms with Crippen LogP contribution in [0.25, 0.3) is 0 Å². The highest BCUT2D eigenvalue weighted by molar-refractivity contribution is 4.90. The summed E-state index contributed by atoms with van der Waals surface area (Å²) in [4.78, 5) is 0. The molecule has 0 radical (unpaired) electrons. The van der Waals surface area contributed by atoms with E-state index in [1.807, 2.05) is 7.11 Å². The van der Waals surface area contributed by atoms with Gasteiger partial charge in [0.2, 0.25) is 0 Å². The molecule has 18 heavy (non-hydrogen) atoms. The van der Waals surface area contributed by atoms with Crippen molar-refractivity contribution in [1.29, 1.82) is 0 Å². The fourth-order valence-electron chi connectivity index (χ4n) is 3.80. The number of ether oxygens (including phenoxy) is 1. The van der Waals surface area contributed by atoms with Crippen molar-refractivity contribution in [3.63, 3.8) is 0 Å². The lowest BCUT2D eigenvalue weighted by molar-refractivity contribution is -0.0000639. The van der Waals surface area contributed by atoms with Crippen LogP contribution in [-0.4, -0.2) is 26.8 Å². The largest absolute Gasteiger partial charge is 0.384 e. The van der Waals surface area contributed by atoms with Gasteiger partial charge in [0, 0.05) is 19.1 Å². The monoisotopic (exact) mass is 255 g/mol. The highest BCUT2D eigenvalue weighted by Crippen LogP contribution is 2.42. The van der Waals surface area contributed by atoms with Crippen LogP contribution in [0.15, 0.2) is 0 Å². The molecule has 1 rings (SSSR count). The van der Waals surface area contributed by atoms with E-state index in [2.05, 4.69) is 26.1 Å². The Hall–Kier alpha value is -0.0800. The van der Waals surface area contributed by atoms with Crippen LogP contribution in [0.1, 0.15) is 59.3 Å². The Morgan fingerprint density at radius 3 is 2.39 bits per heavy atom. The Bertz CT molecular complexity index is 211. The molecule has 1 atom stereocenters. The van der Waals surface area contributed by atoms with Crippen molar-refractivity contribution < 1.29 is 4.74 Å². The first-order chi connectivity index (χ1) is 8.64. The average Bonchev–Trinajstić information content (AvgIpc) is 2.36. The summed E-state index contributed by atoms with van der Waals surface area (Å²) in [5, 5.41) is 3.60. The minimum Gasteiger partial charge on any atom is -0.384 e. The molecule has 2 heteroatoms. The van der Waals surface area contributed by atoms with Crippen molar-refractivity contribution in [1.82, 2.24) is 5.32 Å². The van der Waals surface area contributed by atoms with E-state index in [1.54, 1.807) is 0 Å². The summed E-state index contributed by atoms with van der Waals surface area (Å²) in [6, 6.07) is 0. The van der Waals surface area contributed by atoms with E-state index in [0.717, 1.165) is 31.5 Å². The molecule has 1 N–H and O–H groups in total. The van der Waals surface area contributed by atoms with Crippen LogP contribution in [-0.2, 0) is 4.74 Å². The molecule has 0 amide bonds. The smallest absolute Gasteiger partial charge is 0.0533 e. The molecule has 1 aliphatic rings. The standard InChI is InChI=1S/C16H33NO/c1-5-17-12-16(13-18-4,11-14(2)3)15-9-7-6-8-10-15/h14-15,17H,5-13H2,1-4H3. The van der Waals surface area contributed by atoms with Gasteiger partial charge in [-0.15, -0.1) is 0 Å². The molecule has 108 valence electrons. The van der Waals surface area contributed by atoms with Crippen molar-refractivity contribution in [3.05, 3.63) is 0 Å². The summed E-state index contributed by atoms with van der Waals surface area (Å²) in [6.45, 7) is 10.0. The van der Waals surface area contributed by atoms with Crippen molar-refractivity contribution >= 4 is 0 Å². The van der Waals surface area contributed by atoms with Crippen molar-refractivity contribution in [2.45, 2.75) is 59.3 Å². The predicted octanol–water partition coefficient (Wildman–Crippen LogP) is 3.86. The second kappa shape index (κ2) is 8.16. The molecule has 2 nitrogen and oxygen atoms in total. The molecule has 0 saturated heterocycles. The van der Waals surface area contributed by atoms with E-state index in [4.69, 9.17) is 4.74 Å². The third-order valence-corrected chi connectivity index (χ3v) is 4.44. The summed E-state index contributed by atoms with van der Waals surface area (Å²) < 4.78 is 5.62. The summed E-state index contributed by atoms with van der Waals surface area (Å²) in [6.07, 6.45) is 8.37. The van der Waals surface area contributed by atoms with E-state index in [1.165, 1.54) is 38.5 Å². The van der Waals surface area contributed by atoms with Crippen LogP contribution in [0, 0.1) is 17.3 Å². The third kappa shape index (κ3) is 4.55. The molecule has 0 bridgehead atoms. The zero-order valence-corrected chi connectivity index (χ0v) is 12.9. The Balaban J connectivity index is 2.78. The topological polar surface area (TPSA) is 21.3 Å². The molecule has 0 aliphatic heterocycles. The Morgan fingerprint density at radius 2 is 1.89 bits per heavy atom. The summed E-state index contributed by atoms with van der Waals surface area (Å²) >= 11 is 0. The number of hydrogen-bond acceptors (Lipinski definition) is 2. The maximum absolute atomic E-state index is 5.62. The number of hydrogen-bond donors (Lipinski definition) is 1. The maximum atomic E-state index is 5.62. The van der Waals surface area contributed by atoms with Crippen LogP contribution in [0.4, 0.5) is 0 Å². The summed E-state index contributed by atoms with van der Waals surface area (Å²) in [5.41, 5.74) is 0.360. The van der Waals surface area contributed by atoms with E-state index in [0.29, 0.717) is 5.41 Å². The van der Waals surface area contributed by atoms with Gasteiger partial charge in [-0.2, -0.15) is 0 Å². The molecule has 0 aromatic carbocycles. The summed E-state index contributed by atoms with van der Waals surface area (Å²) in [5.74, 6) is 1.60. The van der Waals surface area contributed by atoms with Gasteiger partial charge in [0.15, 0.2) is 0 Å². The first kappa shape index (κ1) is 16.0. The fraction of sp³-hybridized carbons (Fsp3) is 1.00. The molecule has 1 fully saturated rings. The SMILES string of the molecule is CCNCC(COC)(CC(C)C)C1CCCCC1. The zero-order valence-electron chi connectivity index (χ0n) is 12.9. The van der Waals surface area contributed by atoms with Gasteiger partial charge in [-0.3, -0.25) is 0 Å². The Morgan fingerprint density at radius 1 is 1.22 bits per heavy atom. The van der Waals surface area contributed by atoms with Crippen LogP contribution in [0.3, 0.4) is 0 Å². The van der Waals surface area contributed by atoms with Gasteiger partial charge >= 0.3 is 0 Å². The molecule has 0 aromatic heterocycles. The third-order valence-electron chi connectivity index (χ3n) is 4.44. The molecule has 0 heterocycles. The van der Waals surface area contributed by atoms with Gasteiger partial charge in [0.1, 0.15) is 0 Å². The normalized spacial score (nSPS) is 21.2. The number of nitrogens with one attached hydrogen (secondary N) is 1. The minimum absolute atomic E-state index is 0.360. The fourth-order valence-corrected chi connectivity index (χ4v) is 3.80. The van der Waals surface area contributed by atoms with Gasteiger partial charge < -0.3 is 10.1 Å². The molecular formula is C16H33NO. The van der Waals surface area contributed by atoms with Gasteiger partial charge in [-0.1, -0.05) is 40.0 Å². The number of rotatable bonds is 8. The van der Waals surface area contributed by atoms with E-state index >= 15 is 0 Å². The van der Waals surface area contributed by atoms with E-state index in [9.17, 15) is 0 Å². The van der Waals surface area contributed by atoms with E-state index < -0.39 is 0 Å². The van der Waals surface area contributed by atoms with Crippen molar-refractivity contribution in [3.8, 4) is 0 Å². The molecular weight excluding hydrogens is 222 g/mol. The Labute approximate surface area is 114 Å². The van der Waals surface area contributed by atoms with Gasteiger partial charge in [-0.25, -0.2) is 0 Å². The highest BCUT2D eigenvalue weighted by atomic mass is 16.5.